The molecule has 0 aromatic carbocycles. The Morgan fingerprint density at radius 3 is 1.92 bits per heavy atom. The Hall–Kier alpha value is -1.53. The van der Waals surface area contributed by atoms with Crippen LogP contribution in [-0.2, 0) is 33.2 Å². The molecule has 2 fully saturated rings. The summed E-state index contributed by atoms with van der Waals surface area (Å²) < 4.78 is 33.7. The van der Waals surface area contributed by atoms with Crippen LogP contribution < -0.4 is 0 Å². The zero-order valence-electron chi connectivity index (χ0n) is 30.6. The van der Waals surface area contributed by atoms with Crippen LogP contribution in [0.25, 0.3) is 0 Å². The van der Waals surface area contributed by atoms with Gasteiger partial charge in [-0.25, -0.2) is 0 Å². The lowest BCUT2D eigenvalue weighted by Gasteiger charge is -2.42. The molecule has 2 aliphatic rings. The van der Waals surface area contributed by atoms with Crippen molar-refractivity contribution in [1.29, 1.82) is 0 Å². The highest BCUT2D eigenvalue weighted by molar-refractivity contribution is 5.69. The van der Waals surface area contributed by atoms with Crippen LogP contribution in [0, 0.1) is 0 Å². The van der Waals surface area contributed by atoms with Gasteiger partial charge in [-0.2, -0.15) is 0 Å². The number of unbranched alkanes of at least 4 members (excludes halogenated alkanes) is 9. The number of allylic oxidation sites excluding steroid dienone is 4. The summed E-state index contributed by atoms with van der Waals surface area (Å²) in [5.41, 5.74) is 0. The molecule has 0 saturated carbocycles. The van der Waals surface area contributed by atoms with Crippen LogP contribution in [0.15, 0.2) is 24.3 Å². The lowest BCUT2D eigenvalue weighted by Crippen LogP contribution is -2.61. The molecule has 298 valence electrons. The van der Waals surface area contributed by atoms with Gasteiger partial charge in [-0.1, -0.05) is 83.1 Å². The van der Waals surface area contributed by atoms with Crippen molar-refractivity contribution < 1.29 is 69.0 Å². The van der Waals surface area contributed by atoms with Crippen molar-refractivity contribution in [2.45, 2.75) is 171 Å². The summed E-state index contributed by atoms with van der Waals surface area (Å²) in [7, 11) is 0. The van der Waals surface area contributed by atoms with Gasteiger partial charge < -0.3 is 64.2 Å². The zero-order valence-corrected chi connectivity index (χ0v) is 30.6. The molecule has 14 heteroatoms. The first kappa shape index (κ1) is 45.6. The third-order valence-corrected chi connectivity index (χ3v) is 8.94. The second kappa shape index (κ2) is 27.1. The van der Waals surface area contributed by atoms with E-state index in [-0.39, 0.29) is 19.6 Å². The van der Waals surface area contributed by atoms with Crippen LogP contribution in [0.2, 0.25) is 0 Å². The fraction of sp³-hybridized carbons (Fsp3) is 0.865. The Morgan fingerprint density at radius 1 is 0.647 bits per heavy atom. The normalized spacial score (nSPS) is 30.7. The maximum Gasteiger partial charge on any atom is 0.306 e. The molecule has 0 amide bonds. The van der Waals surface area contributed by atoms with E-state index in [1.54, 1.807) is 0 Å². The Bertz CT molecular complexity index is 948. The minimum absolute atomic E-state index is 0.0527. The summed E-state index contributed by atoms with van der Waals surface area (Å²) in [5.74, 6) is -0.408. The van der Waals surface area contributed by atoms with E-state index in [4.69, 9.17) is 28.4 Å². The Balaban J connectivity index is 1.79. The second-order valence-electron chi connectivity index (χ2n) is 13.4. The maximum atomic E-state index is 12.5. The standard InChI is InChI=1S/C37H66O14/c1-3-5-7-8-9-10-11-12-13-14-15-16-17-19-21-46-23-26(49-29(39)20-18-6-4-2)24-47-36-35(45)33(43)31(41)28(51-36)25-48-37-34(44)32(42)30(40)27(22-38)50-37/h7-8,10-11,26-28,30-38,40-45H,3-6,9,12-25H2,1-2H3/b8-7-,11-10-. The SMILES string of the molecule is CCC/C=C\C/C=C\CCCCCCCCOCC(COC1OC(COC2OC(CO)C(O)C(O)C2O)C(O)C(O)C1O)OC(=O)CCCCC. The number of hydrogen-bond acceptors (Lipinski definition) is 14. The van der Waals surface area contributed by atoms with Crippen molar-refractivity contribution in [2.24, 2.45) is 0 Å². The van der Waals surface area contributed by atoms with Crippen LogP contribution in [0.5, 0.6) is 0 Å². The van der Waals surface area contributed by atoms with Crippen LogP contribution in [0.3, 0.4) is 0 Å². The van der Waals surface area contributed by atoms with Gasteiger partial charge in [-0.3, -0.25) is 4.79 Å². The summed E-state index contributed by atoms with van der Waals surface area (Å²) >= 11 is 0. The molecule has 51 heavy (non-hydrogen) atoms. The monoisotopic (exact) mass is 734 g/mol. The average molecular weight is 735 g/mol. The Labute approximate surface area is 303 Å². The van der Waals surface area contributed by atoms with Gasteiger partial charge in [0.1, 0.15) is 54.9 Å². The number of carbonyl (C=O) groups is 1. The molecule has 0 aromatic rings. The van der Waals surface area contributed by atoms with E-state index in [1.165, 1.54) is 19.3 Å². The third kappa shape index (κ3) is 17.4. The molecule has 2 aliphatic heterocycles. The molecule has 2 saturated heterocycles. The van der Waals surface area contributed by atoms with Crippen molar-refractivity contribution >= 4 is 5.97 Å². The molecule has 2 heterocycles. The molecule has 11 unspecified atom stereocenters. The van der Waals surface area contributed by atoms with Crippen LogP contribution in [-0.4, -0.2) is 142 Å². The van der Waals surface area contributed by atoms with E-state index in [1.807, 2.05) is 6.92 Å². The van der Waals surface area contributed by atoms with Crippen LogP contribution >= 0.6 is 0 Å². The highest BCUT2D eigenvalue weighted by Crippen LogP contribution is 2.26. The number of aliphatic hydroxyl groups excluding tert-OH is 7. The summed E-state index contributed by atoms with van der Waals surface area (Å²) in [6.45, 7) is 3.37. The first-order valence-electron chi connectivity index (χ1n) is 18.9. The minimum atomic E-state index is -1.70. The molecular formula is C37H66O14. The van der Waals surface area contributed by atoms with Gasteiger partial charge in [0.25, 0.3) is 0 Å². The van der Waals surface area contributed by atoms with Gasteiger partial charge in [-0.05, 0) is 38.5 Å². The number of rotatable bonds is 27. The zero-order chi connectivity index (χ0) is 37.4. The summed E-state index contributed by atoms with van der Waals surface area (Å²) in [4.78, 5) is 12.5. The minimum Gasteiger partial charge on any atom is -0.457 e. The lowest BCUT2D eigenvalue weighted by molar-refractivity contribution is -0.332. The van der Waals surface area contributed by atoms with E-state index in [2.05, 4.69) is 31.2 Å². The molecule has 14 nitrogen and oxygen atoms in total. The molecule has 0 aromatic heterocycles. The van der Waals surface area contributed by atoms with E-state index in [0.717, 1.165) is 57.8 Å². The van der Waals surface area contributed by atoms with Gasteiger partial charge in [0, 0.05) is 13.0 Å². The quantitative estimate of drug-likeness (QED) is 0.0366. The largest absolute Gasteiger partial charge is 0.457 e. The van der Waals surface area contributed by atoms with Gasteiger partial charge in [0.2, 0.25) is 0 Å². The average Bonchev–Trinajstić information content (AvgIpc) is 3.12. The molecule has 0 aliphatic carbocycles. The highest BCUT2D eigenvalue weighted by atomic mass is 16.7. The van der Waals surface area contributed by atoms with Gasteiger partial charge in [-0.15, -0.1) is 0 Å². The van der Waals surface area contributed by atoms with E-state index in [0.29, 0.717) is 13.0 Å². The number of ether oxygens (including phenoxy) is 6. The van der Waals surface area contributed by atoms with Crippen molar-refractivity contribution in [3.63, 3.8) is 0 Å². The summed E-state index contributed by atoms with van der Waals surface area (Å²) in [6.07, 6.45) is 6.45. The van der Waals surface area contributed by atoms with Crippen molar-refractivity contribution in [3.8, 4) is 0 Å². The molecule has 2 rings (SSSR count). The number of esters is 1. The van der Waals surface area contributed by atoms with Gasteiger partial charge in [0.05, 0.1) is 26.4 Å². The molecular weight excluding hydrogens is 668 g/mol. The summed E-state index contributed by atoms with van der Waals surface area (Å²) in [5, 5.41) is 71.2. The van der Waals surface area contributed by atoms with Crippen LogP contribution in [0.4, 0.5) is 0 Å². The highest BCUT2D eigenvalue weighted by Gasteiger charge is 2.47. The van der Waals surface area contributed by atoms with Crippen molar-refractivity contribution in [3.05, 3.63) is 24.3 Å². The topological polar surface area (TPSA) is 214 Å². The van der Waals surface area contributed by atoms with Crippen molar-refractivity contribution in [2.75, 3.05) is 33.0 Å². The number of hydrogen-bond donors (Lipinski definition) is 7. The first-order chi connectivity index (χ1) is 24.6. The lowest BCUT2D eigenvalue weighted by atomic mass is 9.98. The predicted molar refractivity (Wildman–Crippen MR) is 187 cm³/mol. The molecule has 7 N–H and O–H groups in total. The third-order valence-electron chi connectivity index (χ3n) is 8.94. The fourth-order valence-electron chi connectivity index (χ4n) is 5.73. The Morgan fingerprint density at radius 2 is 1.25 bits per heavy atom. The van der Waals surface area contributed by atoms with E-state index in [9.17, 15) is 40.5 Å². The van der Waals surface area contributed by atoms with E-state index < -0.39 is 86.7 Å². The first-order valence-corrected chi connectivity index (χ1v) is 18.9. The molecule has 0 bridgehead atoms. The van der Waals surface area contributed by atoms with E-state index >= 15 is 0 Å². The second-order valence-corrected chi connectivity index (χ2v) is 13.4. The molecule has 0 spiro atoms. The number of carbonyl (C=O) groups excluding carboxylic acids is 1. The van der Waals surface area contributed by atoms with Crippen molar-refractivity contribution in [1.82, 2.24) is 0 Å². The number of aliphatic hydroxyl groups is 7. The van der Waals surface area contributed by atoms with Gasteiger partial charge >= 0.3 is 5.97 Å². The smallest absolute Gasteiger partial charge is 0.306 e. The fourth-order valence-corrected chi connectivity index (χ4v) is 5.73. The van der Waals surface area contributed by atoms with Crippen LogP contribution in [0.1, 0.15) is 104 Å². The summed E-state index contributed by atoms with van der Waals surface area (Å²) in [6, 6.07) is 0. The van der Waals surface area contributed by atoms with Gasteiger partial charge in [0.15, 0.2) is 12.6 Å². The maximum absolute atomic E-state index is 12.5. The molecule has 11 atom stereocenters. The Kier molecular flexibility index (Phi) is 24.3. The molecule has 0 radical (unpaired) electrons. The predicted octanol–water partition coefficient (Wildman–Crippen LogP) is 2.17.